The molecule has 1 aromatic carbocycles. The molecule has 0 spiro atoms. The maximum atomic E-state index is 13.3. The fraction of sp³-hybridized carbons (Fsp3) is 0.273. The number of anilines is 1. The molecule has 1 heterocycles. The van der Waals surface area contributed by atoms with E-state index in [0.717, 1.165) is 6.07 Å². The molecule has 0 aliphatic rings. The van der Waals surface area contributed by atoms with Gasteiger partial charge in [-0.25, -0.2) is 9.37 Å². The second kappa shape index (κ2) is 5.95. The Kier molecular flexibility index (Phi) is 4.28. The Bertz CT molecular complexity index is 646. The fourth-order valence-electron chi connectivity index (χ4n) is 1.64. The Labute approximate surface area is 122 Å². The highest BCUT2D eigenvalue weighted by Gasteiger charge is 2.17. The molecular weight excluding hydrogens is 333 g/mol. The number of aryl methyl sites for hydroxylation is 1. The van der Waals surface area contributed by atoms with Crippen molar-refractivity contribution in [3.63, 3.8) is 0 Å². The van der Waals surface area contributed by atoms with Crippen LogP contribution < -0.4 is 5.32 Å². The summed E-state index contributed by atoms with van der Waals surface area (Å²) in [7, 11) is 1.76. The minimum Gasteiger partial charge on any atom is -0.379 e. The molecule has 0 unspecified atom stereocenters. The average Bonchev–Trinajstić information content (AvgIpc) is 2.79. The normalized spacial score (nSPS) is 10.6. The van der Waals surface area contributed by atoms with E-state index in [4.69, 9.17) is 0 Å². The zero-order valence-electron chi connectivity index (χ0n) is 10.5. The lowest BCUT2D eigenvalue weighted by atomic mass is 10.2. The first-order valence-electron chi connectivity index (χ1n) is 5.69. The third kappa shape index (κ3) is 3.29. The standard InChI is InChI=1S/C11H11BrFN5O2/c1-17-6-15-11(16-17)2-3-14-9-4-7(12)8(13)5-10(9)18(19)20/h4-6,14H,2-3H2,1H3. The number of benzene rings is 1. The first kappa shape index (κ1) is 14.4. The molecule has 9 heteroatoms. The number of hydrogen-bond donors (Lipinski definition) is 1. The first-order chi connectivity index (χ1) is 9.47. The van der Waals surface area contributed by atoms with Crippen LogP contribution in [0.25, 0.3) is 0 Å². The van der Waals surface area contributed by atoms with Crippen LogP contribution in [-0.2, 0) is 13.5 Å². The SMILES string of the molecule is Cn1cnc(CCNc2cc(Br)c(F)cc2[N+](=O)[O-])n1. The van der Waals surface area contributed by atoms with Crippen LogP contribution in [0.4, 0.5) is 15.8 Å². The van der Waals surface area contributed by atoms with E-state index in [2.05, 4.69) is 31.3 Å². The van der Waals surface area contributed by atoms with E-state index in [-0.39, 0.29) is 15.8 Å². The number of nitro benzene ring substituents is 1. The molecule has 106 valence electrons. The van der Waals surface area contributed by atoms with E-state index >= 15 is 0 Å². The average molecular weight is 344 g/mol. The topological polar surface area (TPSA) is 85.9 Å². The van der Waals surface area contributed by atoms with Gasteiger partial charge in [-0.05, 0) is 22.0 Å². The molecular formula is C11H11BrFN5O2. The van der Waals surface area contributed by atoms with E-state index in [0.29, 0.717) is 18.8 Å². The summed E-state index contributed by atoms with van der Waals surface area (Å²) < 4.78 is 15.1. The summed E-state index contributed by atoms with van der Waals surface area (Å²) >= 11 is 3.00. The molecule has 0 bridgehead atoms. The van der Waals surface area contributed by atoms with E-state index in [1.165, 1.54) is 6.07 Å². The number of nitro groups is 1. The lowest BCUT2D eigenvalue weighted by Gasteiger charge is -2.07. The van der Waals surface area contributed by atoms with Crippen molar-refractivity contribution < 1.29 is 9.31 Å². The third-order valence-corrected chi connectivity index (χ3v) is 3.15. The van der Waals surface area contributed by atoms with Crippen LogP contribution in [0.3, 0.4) is 0 Å². The lowest BCUT2D eigenvalue weighted by molar-refractivity contribution is -0.384. The molecule has 2 aromatic rings. The van der Waals surface area contributed by atoms with Crippen molar-refractivity contribution in [1.82, 2.24) is 14.8 Å². The summed E-state index contributed by atoms with van der Waals surface area (Å²) in [5.74, 6) is -0.0440. The Hall–Kier alpha value is -2.03. The predicted molar refractivity (Wildman–Crippen MR) is 74.0 cm³/mol. The van der Waals surface area contributed by atoms with Crippen molar-refractivity contribution in [2.24, 2.45) is 7.05 Å². The zero-order valence-corrected chi connectivity index (χ0v) is 12.1. The summed E-state index contributed by atoms with van der Waals surface area (Å²) in [4.78, 5) is 14.3. The number of nitrogens with one attached hydrogen (secondary N) is 1. The largest absolute Gasteiger partial charge is 0.379 e. The van der Waals surface area contributed by atoms with Crippen molar-refractivity contribution in [3.8, 4) is 0 Å². The summed E-state index contributed by atoms with van der Waals surface area (Å²) in [6.45, 7) is 0.406. The van der Waals surface area contributed by atoms with E-state index < -0.39 is 10.7 Å². The van der Waals surface area contributed by atoms with Gasteiger partial charge in [-0.15, -0.1) is 0 Å². The third-order valence-electron chi connectivity index (χ3n) is 2.55. The molecule has 20 heavy (non-hydrogen) atoms. The summed E-state index contributed by atoms with van der Waals surface area (Å²) in [6.07, 6.45) is 2.08. The van der Waals surface area contributed by atoms with Gasteiger partial charge in [-0.2, -0.15) is 5.10 Å². The molecule has 0 radical (unpaired) electrons. The van der Waals surface area contributed by atoms with Crippen molar-refractivity contribution in [3.05, 3.63) is 44.7 Å². The predicted octanol–water partition coefficient (Wildman–Crippen LogP) is 2.28. The van der Waals surface area contributed by atoms with Crippen molar-refractivity contribution in [1.29, 1.82) is 0 Å². The molecule has 0 amide bonds. The maximum absolute atomic E-state index is 13.3. The van der Waals surface area contributed by atoms with Crippen LogP contribution in [0.15, 0.2) is 22.9 Å². The second-order valence-corrected chi connectivity index (χ2v) is 4.91. The Morgan fingerprint density at radius 3 is 2.90 bits per heavy atom. The Morgan fingerprint density at radius 2 is 2.30 bits per heavy atom. The van der Waals surface area contributed by atoms with E-state index in [1.54, 1.807) is 18.1 Å². The van der Waals surface area contributed by atoms with Gasteiger partial charge in [0.15, 0.2) is 5.82 Å². The number of aromatic nitrogens is 3. The number of rotatable bonds is 5. The minimum absolute atomic E-state index is 0.168. The zero-order chi connectivity index (χ0) is 14.7. The molecule has 0 fully saturated rings. The highest BCUT2D eigenvalue weighted by molar-refractivity contribution is 9.10. The van der Waals surface area contributed by atoms with Crippen LogP contribution in [0, 0.1) is 15.9 Å². The van der Waals surface area contributed by atoms with Gasteiger partial charge in [0.1, 0.15) is 17.8 Å². The first-order valence-corrected chi connectivity index (χ1v) is 6.48. The van der Waals surface area contributed by atoms with Crippen molar-refractivity contribution >= 4 is 27.3 Å². The van der Waals surface area contributed by atoms with Gasteiger partial charge in [0, 0.05) is 20.0 Å². The monoisotopic (exact) mass is 343 g/mol. The van der Waals surface area contributed by atoms with Gasteiger partial charge < -0.3 is 5.32 Å². The molecule has 0 aliphatic heterocycles. The lowest BCUT2D eigenvalue weighted by Crippen LogP contribution is -2.08. The Balaban J connectivity index is 2.08. The van der Waals surface area contributed by atoms with Crippen LogP contribution in [0.1, 0.15) is 5.82 Å². The smallest absolute Gasteiger partial charge is 0.295 e. The number of nitrogens with zero attached hydrogens (tertiary/aromatic N) is 4. The summed E-state index contributed by atoms with van der Waals surface area (Å²) in [5, 5.41) is 17.9. The van der Waals surface area contributed by atoms with Gasteiger partial charge in [0.05, 0.1) is 15.5 Å². The molecule has 0 atom stereocenters. The second-order valence-electron chi connectivity index (χ2n) is 4.05. The fourth-order valence-corrected chi connectivity index (χ4v) is 1.98. The quantitative estimate of drug-likeness (QED) is 0.664. The molecule has 2 rings (SSSR count). The molecule has 1 aromatic heterocycles. The van der Waals surface area contributed by atoms with Crippen LogP contribution in [-0.4, -0.2) is 26.2 Å². The number of halogens is 2. The number of hydrogen-bond acceptors (Lipinski definition) is 5. The van der Waals surface area contributed by atoms with Gasteiger partial charge in [0.2, 0.25) is 0 Å². The van der Waals surface area contributed by atoms with Crippen LogP contribution in [0.5, 0.6) is 0 Å². The molecule has 0 saturated carbocycles. The van der Waals surface area contributed by atoms with Gasteiger partial charge in [-0.1, -0.05) is 0 Å². The summed E-state index contributed by atoms with van der Waals surface area (Å²) in [5.41, 5.74) is -0.0566. The highest BCUT2D eigenvalue weighted by atomic mass is 79.9. The molecule has 0 aliphatic carbocycles. The highest BCUT2D eigenvalue weighted by Crippen LogP contribution is 2.30. The van der Waals surface area contributed by atoms with Crippen molar-refractivity contribution in [2.45, 2.75) is 6.42 Å². The Morgan fingerprint density at radius 1 is 1.55 bits per heavy atom. The van der Waals surface area contributed by atoms with Crippen LogP contribution in [0.2, 0.25) is 0 Å². The van der Waals surface area contributed by atoms with Gasteiger partial charge in [0.25, 0.3) is 5.69 Å². The molecule has 7 nitrogen and oxygen atoms in total. The molecule has 1 N–H and O–H groups in total. The minimum atomic E-state index is -0.673. The van der Waals surface area contributed by atoms with Gasteiger partial charge >= 0.3 is 0 Å². The van der Waals surface area contributed by atoms with Crippen molar-refractivity contribution in [2.75, 3.05) is 11.9 Å². The van der Waals surface area contributed by atoms with Gasteiger partial charge in [-0.3, -0.25) is 14.8 Å². The van der Waals surface area contributed by atoms with E-state index in [1.807, 2.05) is 0 Å². The maximum Gasteiger partial charge on any atom is 0.295 e. The van der Waals surface area contributed by atoms with E-state index in [9.17, 15) is 14.5 Å². The molecule has 0 saturated heterocycles. The van der Waals surface area contributed by atoms with Crippen LogP contribution >= 0.6 is 15.9 Å². The summed E-state index contributed by atoms with van der Waals surface area (Å²) in [6, 6.07) is 2.23.